The van der Waals surface area contributed by atoms with Crippen molar-refractivity contribution in [2.45, 2.75) is 58.8 Å². The normalized spacial score (nSPS) is 14.2. The van der Waals surface area contributed by atoms with Gasteiger partial charge in [0, 0.05) is 5.41 Å². The number of phenolic OH excluding ortho intramolecular Hbond substituents is 2. The maximum absolute atomic E-state index is 9.71. The molecule has 0 heterocycles. The lowest BCUT2D eigenvalue weighted by molar-refractivity contribution is 0.401. The van der Waals surface area contributed by atoms with E-state index in [1.807, 2.05) is 12.1 Å². The predicted molar refractivity (Wildman–Crippen MR) is 99.0 cm³/mol. The topological polar surface area (TPSA) is 40.5 Å². The number of allylic oxidation sites excluding steroid dienone is 5. The monoisotopic (exact) mass is 314 g/mol. The van der Waals surface area contributed by atoms with E-state index >= 15 is 0 Å². The number of hydrogen-bond acceptors (Lipinski definition) is 2. The third-order valence-electron chi connectivity index (χ3n) is 4.33. The predicted octanol–water partition coefficient (Wildman–Crippen LogP) is 6.01. The zero-order valence-electron chi connectivity index (χ0n) is 14.9. The zero-order valence-corrected chi connectivity index (χ0v) is 14.9. The summed E-state index contributed by atoms with van der Waals surface area (Å²) in [5.74, 6) is -0.167. The number of phenols is 2. The van der Waals surface area contributed by atoms with Crippen LogP contribution < -0.4 is 0 Å². The van der Waals surface area contributed by atoms with Crippen LogP contribution in [0.3, 0.4) is 0 Å². The first-order chi connectivity index (χ1) is 10.8. The number of benzene rings is 1. The van der Waals surface area contributed by atoms with Crippen LogP contribution in [0, 0.1) is 0 Å². The summed E-state index contributed by atoms with van der Waals surface area (Å²) in [4.78, 5) is 0. The molecule has 2 heteroatoms. The quantitative estimate of drug-likeness (QED) is 0.455. The average molecular weight is 314 g/mol. The van der Waals surface area contributed by atoms with Crippen LogP contribution in [-0.4, -0.2) is 10.2 Å². The Labute approximate surface area is 140 Å². The van der Waals surface area contributed by atoms with Crippen molar-refractivity contribution in [3.63, 3.8) is 0 Å². The summed E-state index contributed by atoms with van der Waals surface area (Å²) in [5, 5.41) is 19.2. The van der Waals surface area contributed by atoms with E-state index in [0.717, 1.165) is 31.2 Å². The lowest BCUT2D eigenvalue weighted by Crippen LogP contribution is -2.18. The summed E-state index contributed by atoms with van der Waals surface area (Å²) >= 11 is 0. The van der Waals surface area contributed by atoms with E-state index in [2.05, 4.69) is 46.4 Å². The zero-order chi connectivity index (χ0) is 17.5. The minimum Gasteiger partial charge on any atom is -0.504 e. The Kier molecular flexibility index (Phi) is 7.15. The fourth-order valence-corrected chi connectivity index (χ4v) is 2.55. The SMILES string of the molecule is C=C[C@@](C)(CCC=C(C)CCC=C(C)C)c1ccc(O)c(O)c1. The Morgan fingerprint density at radius 3 is 2.35 bits per heavy atom. The highest BCUT2D eigenvalue weighted by atomic mass is 16.3. The molecule has 1 rings (SSSR count). The van der Waals surface area contributed by atoms with Gasteiger partial charge in [0.1, 0.15) is 0 Å². The summed E-state index contributed by atoms with van der Waals surface area (Å²) < 4.78 is 0. The van der Waals surface area contributed by atoms with Crippen molar-refractivity contribution in [2.24, 2.45) is 0 Å². The third-order valence-corrected chi connectivity index (χ3v) is 4.33. The van der Waals surface area contributed by atoms with Crippen molar-refractivity contribution in [2.75, 3.05) is 0 Å². The van der Waals surface area contributed by atoms with E-state index < -0.39 is 0 Å². The van der Waals surface area contributed by atoms with E-state index in [1.54, 1.807) is 6.07 Å². The second-order valence-electron chi connectivity index (χ2n) is 6.73. The molecule has 0 fully saturated rings. The van der Waals surface area contributed by atoms with Gasteiger partial charge >= 0.3 is 0 Å². The molecular weight excluding hydrogens is 284 g/mol. The van der Waals surface area contributed by atoms with Gasteiger partial charge in [-0.25, -0.2) is 0 Å². The molecule has 0 bridgehead atoms. The number of hydrogen-bond donors (Lipinski definition) is 2. The molecule has 1 aromatic rings. The molecule has 0 saturated carbocycles. The second kappa shape index (κ2) is 8.61. The van der Waals surface area contributed by atoms with Crippen LogP contribution in [0.1, 0.15) is 58.9 Å². The van der Waals surface area contributed by atoms with Gasteiger partial charge in [0.2, 0.25) is 0 Å². The van der Waals surface area contributed by atoms with Gasteiger partial charge < -0.3 is 10.2 Å². The number of rotatable bonds is 8. The molecule has 0 spiro atoms. The first-order valence-electron chi connectivity index (χ1n) is 8.23. The molecule has 1 atom stereocenters. The van der Waals surface area contributed by atoms with Crippen molar-refractivity contribution in [1.82, 2.24) is 0 Å². The van der Waals surface area contributed by atoms with Crippen LogP contribution in [0.15, 0.2) is 54.2 Å². The summed E-state index contributed by atoms with van der Waals surface area (Å²) in [6, 6.07) is 5.01. The Hall–Kier alpha value is -1.96. The molecule has 0 radical (unpaired) electrons. The van der Waals surface area contributed by atoms with Gasteiger partial charge in [-0.1, -0.05) is 42.4 Å². The van der Waals surface area contributed by atoms with Crippen LogP contribution in [0.4, 0.5) is 0 Å². The molecule has 0 aromatic heterocycles. The largest absolute Gasteiger partial charge is 0.504 e. The number of aromatic hydroxyl groups is 2. The van der Waals surface area contributed by atoms with Crippen molar-refractivity contribution in [1.29, 1.82) is 0 Å². The fourth-order valence-electron chi connectivity index (χ4n) is 2.55. The lowest BCUT2D eigenvalue weighted by atomic mass is 9.78. The van der Waals surface area contributed by atoms with E-state index in [-0.39, 0.29) is 16.9 Å². The van der Waals surface area contributed by atoms with Gasteiger partial charge in [-0.2, -0.15) is 0 Å². The molecule has 23 heavy (non-hydrogen) atoms. The van der Waals surface area contributed by atoms with Gasteiger partial charge in [-0.3, -0.25) is 0 Å². The average Bonchev–Trinajstić information content (AvgIpc) is 2.49. The highest BCUT2D eigenvalue weighted by Gasteiger charge is 2.23. The fraction of sp³-hybridized carbons (Fsp3) is 0.429. The molecule has 126 valence electrons. The minimum atomic E-state index is -0.220. The van der Waals surface area contributed by atoms with Gasteiger partial charge in [-0.05, 0) is 64.2 Å². The molecular formula is C21H30O2. The smallest absolute Gasteiger partial charge is 0.157 e. The van der Waals surface area contributed by atoms with E-state index in [4.69, 9.17) is 0 Å². The summed E-state index contributed by atoms with van der Waals surface area (Å²) in [6.07, 6.45) is 10.5. The summed E-state index contributed by atoms with van der Waals surface area (Å²) in [7, 11) is 0. The second-order valence-corrected chi connectivity index (χ2v) is 6.73. The van der Waals surface area contributed by atoms with Crippen LogP contribution in [-0.2, 0) is 5.41 Å². The molecule has 0 aliphatic rings. The van der Waals surface area contributed by atoms with E-state index in [1.165, 1.54) is 17.2 Å². The summed E-state index contributed by atoms with van der Waals surface area (Å²) in [6.45, 7) is 12.5. The van der Waals surface area contributed by atoms with Crippen molar-refractivity contribution >= 4 is 0 Å². The maximum atomic E-state index is 9.71. The molecule has 2 N–H and O–H groups in total. The van der Waals surface area contributed by atoms with Gasteiger partial charge in [-0.15, -0.1) is 6.58 Å². The standard InChI is InChI=1S/C21H30O2/c1-6-21(5,18-12-13-19(22)20(23)15-18)14-8-11-17(4)10-7-9-16(2)3/h6,9,11-13,15,22-23H,1,7-8,10,14H2,2-5H3/t21-/m0/s1. The maximum Gasteiger partial charge on any atom is 0.157 e. The van der Waals surface area contributed by atoms with Crippen LogP contribution >= 0.6 is 0 Å². The molecule has 2 nitrogen and oxygen atoms in total. The molecule has 0 unspecified atom stereocenters. The Morgan fingerprint density at radius 1 is 1.09 bits per heavy atom. The van der Waals surface area contributed by atoms with Crippen LogP contribution in [0.25, 0.3) is 0 Å². The van der Waals surface area contributed by atoms with E-state index in [0.29, 0.717) is 0 Å². The Bertz CT molecular complexity index is 592. The lowest BCUT2D eigenvalue weighted by Gasteiger charge is -2.26. The van der Waals surface area contributed by atoms with Crippen molar-refractivity contribution in [3.05, 3.63) is 59.7 Å². The van der Waals surface area contributed by atoms with Gasteiger partial charge in [0.15, 0.2) is 11.5 Å². The Balaban J connectivity index is 2.70. The first kappa shape index (κ1) is 19.1. The van der Waals surface area contributed by atoms with Gasteiger partial charge in [0.25, 0.3) is 0 Å². The highest BCUT2D eigenvalue weighted by molar-refractivity contribution is 5.44. The molecule has 0 amide bonds. The van der Waals surface area contributed by atoms with E-state index in [9.17, 15) is 10.2 Å². The first-order valence-corrected chi connectivity index (χ1v) is 8.23. The molecule has 0 aliphatic heterocycles. The van der Waals surface area contributed by atoms with Crippen molar-refractivity contribution < 1.29 is 10.2 Å². The molecule has 0 aliphatic carbocycles. The van der Waals surface area contributed by atoms with Crippen molar-refractivity contribution in [3.8, 4) is 11.5 Å². The van der Waals surface area contributed by atoms with Gasteiger partial charge in [0.05, 0.1) is 0 Å². The third kappa shape index (κ3) is 5.97. The molecule has 0 saturated heterocycles. The highest BCUT2D eigenvalue weighted by Crippen LogP contribution is 2.35. The van der Waals surface area contributed by atoms with Crippen LogP contribution in [0.5, 0.6) is 11.5 Å². The summed E-state index contributed by atoms with van der Waals surface area (Å²) in [5.41, 5.74) is 3.52. The Morgan fingerprint density at radius 2 is 1.78 bits per heavy atom. The minimum absolute atomic E-state index is 0.0796. The van der Waals surface area contributed by atoms with Crippen LogP contribution in [0.2, 0.25) is 0 Å². The molecule has 1 aromatic carbocycles.